The Kier molecular flexibility index (Phi) is 8.42. The van der Waals surface area contributed by atoms with Crippen LogP contribution in [-0.2, 0) is 11.3 Å². The molecule has 0 aliphatic carbocycles. The number of ether oxygens (including phenoxy) is 1. The third kappa shape index (κ3) is 7.55. The number of benzene rings is 1. The van der Waals surface area contributed by atoms with E-state index in [0.29, 0.717) is 19.0 Å². The van der Waals surface area contributed by atoms with Gasteiger partial charge in [-0.05, 0) is 38.2 Å². The highest BCUT2D eigenvalue weighted by Crippen LogP contribution is 2.13. The molecule has 0 saturated carbocycles. The molecule has 0 bridgehead atoms. The molecule has 0 radical (unpaired) electrons. The van der Waals surface area contributed by atoms with Gasteiger partial charge < -0.3 is 20.3 Å². The lowest BCUT2D eigenvalue weighted by molar-refractivity contribution is -0.121. The smallest absolute Gasteiger partial charge is 0.221 e. The summed E-state index contributed by atoms with van der Waals surface area (Å²) in [6.07, 6.45) is 1.57. The molecule has 1 saturated heterocycles. The van der Waals surface area contributed by atoms with Crippen molar-refractivity contribution < 1.29 is 9.53 Å². The number of carbonyl (C=O) groups excluding carboxylic acids is 1. The van der Waals surface area contributed by atoms with Crippen LogP contribution in [0.25, 0.3) is 0 Å². The van der Waals surface area contributed by atoms with E-state index in [2.05, 4.69) is 29.6 Å². The highest BCUT2D eigenvalue weighted by Gasteiger charge is 2.16. The minimum absolute atomic E-state index is 0.110. The maximum Gasteiger partial charge on any atom is 0.221 e. The summed E-state index contributed by atoms with van der Waals surface area (Å²) in [5, 5.41) is 6.38. The molecule has 1 aromatic rings. The molecule has 1 heterocycles. The van der Waals surface area contributed by atoms with Crippen LogP contribution in [0.4, 0.5) is 0 Å². The first-order valence-electron chi connectivity index (χ1n) is 8.58. The first kappa shape index (κ1) is 19.1. The predicted molar refractivity (Wildman–Crippen MR) is 101 cm³/mol. The Balaban J connectivity index is 1.64. The normalized spacial score (nSPS) is 17.7. The Hall–Kier alpha value is -1.24. The van der Waals surface area contributed by atoms with Gasteiger partial charge in [-0.15, -0.1) is 0 Å². The molecule has 6 heteroatoms. The fraction of sp³-hybridized carbons (Fsp3) is 0.611. The zero-order chi connectivity index (χ0) is 17.2. The maximum atomic E-state index is 12.0. The average Bonchev–Trinajstić information content (AvgIpc) is 2.59. The van der Waals surface area contributed by atoms with E-state index in [1.54, 1.807) is 0 Å². The van der Waals surface area contributed by atoms with Gasteiger partial charge in [0.25, 0.3) is 0 Å². The Labute approximate surface area is 149 Å². The maximum absolute atomic E-state index is 12.0. The number of carbonyl (C=O) groups is 1. The Bertz CT molecular complexity index is 488. The minimum Gasteiger partial charge on any atom is -0.494 e. The van der Waals surface area contributed by atoms with Gasteiger partial charge in [-0.2, -0.15) is 11.8 Å². The number of amides is 1. The van der Waals surface area contributed by atoms with Crippen molar-refractivity contribution in [2.75, 3.05) is 45.3 Å². The Morgan fingerprint density at radius 1 is 1.38 bits per heavy atom. The summed E-state index contributed by atoms with van der Waals surface area (Å²) < 4.78 is 5.71. The summed E-state index contributed by atoms with van der Waals surface area (Å²) >= 11 is 1.91. The van der Waals surface area contributed by atoms with Crippen molar-refractivity contribution in [2.45, 2.75) is 25.4 Å². The highest BCUT2D eigenvalue weighted by atomic mass is 32.2. The first-order valence-corrected chi connectivity index (χ1v) is 9.73. The molecular weight excluding hydrogens is 322 g/mol. The number of nitrogens with zero attached hydrogens (tertiary/aromatic N) is 1. The fourth-order valence-electron chi connectivity index (χ4n) is 2.52. The quantitative estimate of drug-likeness (QED) is 0.664. The SMILES string of the molecule is CN(C)CCCOc1ccc(CNC(=O)CC2CSCCN2)cc1. The van der Waals surface area contributed by atoms with Crippen LogP contribution in [0.5, 0.6) is 5.75 Å². The standard InChI is InChI=1S/C18H29N3O2S/c1-21(2)9-3-10-23-17-6-4-15(5-7-17)13-20-18(22)12-16-14-24-11-8-19-16/h4-7,16,19H,3,8-14H2,1-2H3,(H,20,22). The van der Waals surface area contributed by atoms with Crippen molar-refractivity contribution in [3.8, 4) is 5.75 Å². The largest absolute Gasteiger partial charge is 0.494 e. The molecule has 1 aliphatic rings. The predicted octanol–water partition coefficient (Wildman–Crippen LogP) is 1.73. The second-order valence-corrected chi connectivity index (χ2v) is 7.51. The highest BCUT2D eigenvalue weighted by molar-refractivity contribution is 7.99. The van der Waals surface area contributed by atoms with Gasteiger partial charge >= 0.3 is 0 Å². The summed E-state index contributed by atoms with van der Waals surface area (Å²) in [5.74, 6) is 3.15. The van der Waals surface area contributed by atoms with Crippen molar-refractivity contribution in [1.29, 1.82) is 0 Å². The molecule has 2 N–H and O–H groups in total. The number of thioether (sulfide) groups is 1. The van der Waals surface area contributed by atoms with Crippen LogP contribution in [0.3, 0.4) is 0 Å². The molecule has 1 atom stereocenters. The second kappa shape index (κ2) is 10.6. The molecule has 1 aliphatic heterocycles. The fourth-order valence-corrected chi connectivity index (χ4v) is 3.47. The third-order valence-electron chi connectivity index (χ3n) is 3.86. The molecule has 1 aromatic carbocycles. The van der Waals surface area contributed by atoms with Crippen LogP contribution in [0, 0.1) is 0 Å². The summed E-state index contributed by atoms with van der Waals surface area (Å²) in [6, 6.07) is 8.26. The molecular formula is C18H29N3O2S. The molecule has 24 heavy (non-hydrogen) atoms. The van der Waals surface area contributed by atoms with Gasteiger partial charge in [-0.25, -0.2) is 0 Å². The summed E-state index contributed by atoms with van der Waals surface area (Å²) in [4.78, 5) is 14.1. The summed E-state index contributed by atoms with van der Waals surface area (Å²) in [5.41, 5.74) is 1.09. The molecule has 134 valence electrons. The van der Waals surface area contributed by atoms with E-state index in [4.69, 9.17) is 4.74 Å². The van der Waals surface area contributed by atoms with Gasteiger partial charge in [0.1, 0.15) is 5.75 Å². The zero-order valence-corrected chi connectivity index (χ0v) is 15.5. The topological polar surface area (TPSA) is 53.6 Å². The van der Waals surface area contributed by atoms with Crippen molar-refractivity contribution in [2.24, 2.45) is 0 Å². The van der Waals surface area contributed by atoms with Gasteiger partial charge in [-0.3, -0.25) is 4.79 Å². The van der Waals surface area contributed by atoms with E-state index in [0.717, 1.165) is 48.9 Å². The van der Waals surface area contributed by atoms with Crippen LogP contribution < -0.4 is 15.4 Å². The van der Waals surface area contributed by atoms with Crippen molar-refractivity contribution >= 4 is 17.7 Å². The number of hydrogen-bond donors (Lipinski definition) is 2. The van der Waals surface area contributed by atoms with Gasteiger partial charge in [0, 0.05) is 43.6 Å². The average molecular weight is 352 g/mol. The minimum atomic E-state index is 0.110. The van der Waals surface area contributed by atoms with Crippen molar-refractivity contribution in [3.05, 3.63) is 29.8 Å². The Morgan fingerprint density at radius 2 is 2.17 bits per heavy atom. The number of rotatable bonds is 9. The molecule has 1 amide bonds. The van der Waals surface area contributed by atoms with Crippen LogP contribution in [-0.4, -0.2) is 62.1 Å². The van der Waals surface area contributed by atoms with Crippen molar-refractivity contribution in [1.82, 2.24) is 15.5 Å². The molecule has 0 aromatic heterocycles. The summed E-state index contributed by atoms with van der Waals surface area (Å²) in [6.45, 7) is 3.32. The van der Waals surface area contributed by atoms with Gasteiger partial charge in [-0.1, -0.05) is 12.1 Å². The lowest BCUT2D eigenvalue weighted by Gasteiger charge is -2.22. The van der Waals surface area contributed by atoms with E-state index in [1.807, 2.05) is 36.0 Å². The monoisotopic (exact) mass is 351 g/mol. The molecule has 1 fully saturated rings. The van der Waals surface area contributed by atoms with Crippen LogP contribution in [0.15, 0.2) is 24.3 Å². The molecule has 1 unspecified atom stereocenters. The van der Waals surface area contributed by atoms with Crippen molar-refractivity contribution in [3.63, 3.8) is 0 Å². The van der Waals surface area contributed by atoms with E-state index in [9.17, 15) is 4.79 Å². The van der Waals surface area contributed by atoms with E-state index in [1.165, 1.54) is 0 Å². The van der Waals surface area contributed by atoms with Gasteiger partial charge in [0.2, 0.25) is 5.91 Å². The van der Waals surface area contributed by atoms with E-state index in [-0.39, 0.29) is 5.91 Å². The van der Waals surface area contributed by atoms with Crippen LogP contribution in [0.2, 0.25) is 0 Å². The lowest BCUT2D eigenvalue weighted by Crippen LogP contribution is -2.41. The van der Waals surface area contributed by atoms with Crippen LogP contribution in [0.1, 0.15) is 18.4 Å². The molecule has 5 nitrogen and oxygen atoms in total. The third-order valence-corrected chi connectivity index (χ3v) is 4.99. The lowest BCUT2D eigenvalue weighted by atomic mass is 10.2. The first-order chi connectivity index (χ1) is 11.6. The second-order valence-electron chi connectivity index (χ2n) is 6.36. The number of nitrogens with one attached hydrogen (secondary N) is 2. The molecule has 2 rings (SSSR count). The van der Waals surface area contributed by atoms with Gasteiger partial charge in [0.05, 0.1) is 6.61 Å². The zero-order valence-electron chi connectivity index (χ0n) is 14.7. The van der Waals surface area contributed by atoms with Gasteiger partial charge in [0.15, 0.2) is 0 Å². The van der Waals surface area contributed by atoms with Crippen LogP contribution >= 0.6 is 11.8 Å². The Morgan fingerprint density at radius 3 is 2.83 bits per heavy atom. The van der Waals surface area contributed by atoms with E-state index < -0.39 is 0 Å². The van der Waals surface area contributed by atoms with E-state index >= 15 is 0 Å². The molecule has 0 spiro atoms. The number of hydrogen-bond acceptors (Lipinski definition) is 5. The summed E-state index contributed by atoms with van der Waals surface area (Å²) in [7, 11) is 4.12.